The van der Waals surface area contributed by atoms with Crippen LogP contribution in [0.4, 0.5) is 4.79 Å². The molecule has 2 fully saturated rings. The molecule has 0 aromatic heterocycles. The fourth-order valence-corrected chi connectivity index (χ4v) is 3.20. The predicted molar refractivity (Wildman–Crippen MR) is 67.3 cm³/mol. The minimum atomic E-state index is -0.799. The fourth-order valence-electron chi connectivity index (χ4n) is 3.20. The number of aliphatic carboxylic acids is 1. The summed E-state index contributed by atoms with van der Waals surface area (Å²) in [6, 6.07) is 0.0646. The number of hydrogen-bond acceptors (Lipinski definition) is 2. The number of carbonyl (C=O) groups is 2. The number of urea groups is 1. The first-order chi connectivity index (χ1) is 8.58. The average Bonchev–Trinajstić information content (AvgIpc) is 2.87. The molecule has 0 bridgehead atoms. The van der Waals surface area contributed by atoms with Crippen LogP contribution in [0.1, 0.15) is 32.1 Å². The predicted octanol–water partition coefficient (Wildman–Crippen LogP) is 1.63. The van der Waals surface area contributed by atoms with Gasteiger partial charge in [0.05, 0.1) is 0 Å². The van der Waals surface area contributed by atoms with Crippen molar-refractivity contribution in [2.75, 3.05) is 26.7 Å². The minimum absolute atomic E-state index is 0.0646. The number of fused-ring (bicyclic) bond motifs is 1. The zero-order chi connectivity index (χ0) is 13.1. The van der Waals surface area contributed by atoms with Crippen LogP contribution in [0.3, 0.4) is 0 Å². The van der Waals surface area contributed by atoms with E-state index < -0.39 is 5.97 Å². The lowest BCUT2D eigenvalue weighted by Crippen LogP contribution is -2.40. The molecule has 0 spiro atoms. The van der Waals surface area contributed by atoms with Crippen molar-refractivity contribution in [3.05, 3.63) is 0 Å². The van der Waals surface area contributed by atoms with Gasteiger partial charge in [0.15, 0.2) is 0 Å². The summed E-state index contributed by atoms with van der Waals surface area (Å²) in [6.45, 7) is 2.32. The van der Waals surface area contributed by atoms with E-state index in [0.717, 1.165) is 13.1 Å². The molecule has 1 N–H and O–H groups in total. The Bertz CT molecular complexity index is 320. The summed E-state index contributed by atoms with van der Waals surface area (Å²) >= 11 is 0. The van der Waals surface area contributed by atoms with E-state index >= 15 is 0 Å². The molecule has 0 radical (unpaired) electrons. The summed E-state index contributed by atoms with van der Waals surface area (Å²) < 4.78 is 0. The Morgan fingerprint density at radius 2 is 1.89 bits per heavy atom. The average molecular weight is 254 g/mol. The molecule has 1 heterocycles. The molecule has 102 valence electrons. The molecular formula is C13H22N2O3. The van der Waals surface area contributed by atoms with Crippen molar-refractivity contribution in [1.29, 1.82) is 0 Å². The van der Waals surface area contributed by atoms with Crippen LogP contribution in [0.2, 0.25) is 0 Å². The molecule has 2 amide bonds. The van der Waals surface area contributed by atoms with Crippen molar-refractivity contribution in [2.24, 2.45) is 11.8 Å². The van der Waals surface area contributed by atoms with Crippen LogP contribution in [-0.2, 0) is 4.79 Å². The van der Waals surface area contributed by atoms with Gasteiger partial charge in [-0.1, -0.05) is 6.42 Å². The van der Waals surface area contributed by atoms with Crippen molar-refractivity contribution < 1.29 is 14.7 Å². The summed E-state index contributed by atoms with van der Waals surface area (Å²) in [5.74, 6) is 0.620. The molecule has 2 aliphatic rings. The first-order valence-electron chi connectivity index (χ1n) is 6.79. The molecule has 1 saturated heterocycles. The highest BCUT2D eigenvalue weighted by molar-refractivity contribution is 5.74. The van der Waals surface area contributed by atoms with E-state index in [1.807, 2.05) is 4.90 Å². The zero-order valence-electron chi connectivity index (χ0n) is 11.0. The van der Waals surface area contributed by atoms with Crippen LogP contribution in [-0.4, -0.2) is 53.6 Å². The van der Waals surface area contributed by atoms with Gasteiger partial charge in [-0.25, -0.2) is 4.79 Å². The summed E-state index contributed by atoms with van der Waals surface area (Å²) in [6.07, 6.45) is 4.49. The molecule has 1 aliphatic heterocycles. The summed E-state index contributed by atoms with van der Waals surface area (Å²) in [5.41, 5.74) is 0. The van der Waals surface area contributed by atoms with E-state index in [4.69, 9.17) is 5.11 Å². The Kier molecular flexibility index (Phi) is 4.09. The maximum Gasteiger partial charge on any atom is 0.319 e. The molecule has 1 aliphatic carbocycles. The quantitative estimate of drug-likeness (QED) is 0.829. The number of likely N-dealkylation sites (tertiary alicyclic amines) is 1. The molecular weight excluding hydrogens is 232 g/mol. The van der Waals surface area contributed by atoms with E-state index in [9.17, 15) is 9.59 Å². The number of carboxylic acid groups (broad SMARTS) is 1. The van der Waals surface area contributed by atoms with Gasteiger partial charge < -0.3 is 14.9 Å². The number of carboxylic acids is 1. The van der Waals surface area contributed by atoms with Gasteiger partial charge in [0.1, 0.15) is 0 Å². The van der Waals surface area contributed by atoms with Gasteiger partial charge in [-0.05, 0) is 31.1 Å². The molecule has 2 atom stereocenters. The second-order valence-corrected chi connectivity index (χ2v) is 5.56. The van der Waals surface area contributed by atoms with Crippen molar-refractivity contribution in [1.82, 2.24) is 9.80 Å². The maximum absolute atomic E-state index is 12.2. The Morgan fingerprint density at radius 1 is 1.28 bits per heavy atom. The molecule has 0 aromatic rings. The van der Waals surface area contributed by atoms with Gasteiger partial charge in [0, 0.05) is 33.1 Å². The van der Waals surface area contributed by atoms with Crippen molar-refractivity contribution >= 4 is 12.0 Å². The van der Waals surface area contributed by atoms with E-state index in [1.54, 1.807) is 11.9 Å². The van der Waals surface area contributed by atoms with Crippen LogP contribution in [0, 0.1) is 11.8 Å². The van der Waals surface area contributed by atoms with Crippen molar-refractivity contribution in [2.45, 2.75) is 32.1 Å². The van der Waals surface area contributed by atoms with Gasteiger partial charge >= 0.3 is 12.0 Å². The summed E-state index contributed by atoms with van der Waals surface area (Å²) in [5, 5.41) is 8.57. The largest absolute Gasteiger partial charge is 0.481 e. The molecule has 2 unspecified atom stereocenters. The van der Waals surface area contributed by atoms with Crippen molar-refractivity contribution in [3.63, 3.8) is 0 Å². The van der Waals surface area contributed by atoms with E-state index in [0.29, 0.717) is 24.8 Å². The highest BCUT2D eigenvalue weighted by atomic mass is 16.4. The second-order valence-electron chi connectivity index (χ2n) is 5.56. The van der Waals surface area contributed by atoms with E-state index in [2.05, 4.69) is 0 Å². The van der Waals surface area contributed by atoms with Crippen LogP contribution in [0.25, 0.3) is 0 Å². The van der Waals surface area contributed by atoms with Crippen LogP contribution in [0.15, 0.2) is 0 Å². The Balaban J connectivity index is 1.75. The van der Waals surface area contributed by atoms with Gasteiger partial charge in [-0.2, -0.15) is 0 Å². The standard InChI is InChI=1S/C13H22N2O3/c1-14(7-3-6-12(16)17)13(18)15-8-10-4-2-5-11(10)9-15/h10-11H,2-9H2,1H3,(H,16,17). The SMILES string of the molecule is CN(CCCC(=O)O)C(=O)N1CC2CCCC2C1. The molecule has 1 saturated carbocycles. The molecule has 0 aromatic carbocycles. The number of hydrogen-bond donors (Lipinski definition) is 1. The Labute approximate surface area is 108 Å². The maximum atomic E-state index is 12.2. The van der Waals surface area contributed by atoms with Crippen molar-refractivity contribution in [3.8, 4) is 0 Å². The third-order valence-corrected chi connectivity index (χ3v) is 4.21. The number of nitrogens with zero attached hydrogens (tertiary/aromatic N) is 2. The Morgan fingerprint density at radius 3 is 2.44 bits per heavy atom. The molecule has 2 rings (SSSR count). The number of rotatable bonds is 4. The summed E-state index contributed by atoms with van der Waals surface area (Å²) in [7, 11) is 1.76. The third kappa shape index (κ3) is 2.94. The monoisotopic (exact) mass is 254 g/mol. The fraction of sp³-hybridized carbons (Fsp3) is 0.846. The van der Waals surface area contributed by atoms with Gasteiger partial charge in [-0.15, -0.1) is 0 Å². The molecule has 5 nitrogen and oxygen atoms in total. The lowest BCUT2D eigenvalue weighted by Gasteiger charge is -2.25. The topological polar surface area (TPSA) is 60.9 Å². The summed E-state index contributed by atoms with van der Waals surface area (Å²) in [4.78, 5) is 26.2. The van der Waals surface area contributed by atoms with E-state index in [-0.39, 0.29) is 12.5 Å². The molecule has 18 heavy (non-hydrogen) atoms. The van der Waals surface area contributed by atoms with Crippen LogP contribution in [0.5, 0.6) is 0 Å². The van der Waals surface area contributed by atoms with Gasteiger partial charge in [0.2, 0.25) is 0 Å². The smallest absolute Gasteiger partial charge is 0.319 e. The Hall–Kier alpha value is -1.26. The van der Waals surface area contributed by atoms with Gasteiger partial charge in [-0.3, -0.25) is 4.79 Å². The zero-order valence-corrected chi connectivity index (χ0v) is 11.0. The first kappa shape index (κ1) is 13.2. The highest BCUT2D eigenvalue weighted by Gasteiger charge is 2.38. The number of amides is 2. The lowest BCUT2D eigenvalue weighted by atomic mass is 10.0. The lowest BCUT2D eigenvalue weighted by molar-refractivity contribution is -0.137. The van der Waals surface area contributed by atoms with E-state index in [1.165, 1.54) is 19.3 Å². The van der Waals surface area contributed by atoms with Gasteiger partial charge in [0.25, 0.3) is 0 Å². The second kappa shape index (κ2) is 5.59. The number of carbonyl (C=O) groups excluding carboxylic acids is 1. The first-order valence-corrected chi connectivity index (χ1v) is 6.79. The third-order valence-electron chi connectivity index (χ3n) is 4.21. The van der Waals surface area contributed by atoms with Crippen LogP contribution >= 0.6 is 0 Å². The minimum Gasteiger partial charge on any atom is -0.481 e. The highest BCUT2D eigenvalue weighted by Crippen LogP contribution is 2.37. The normalized spacial score (nSPS) is 26.2. The van der Waals surface area contributed by atoms with Crippen LogP contribution < -0.4 is 0 Å². The molecule has 5 heteroatoms.